The molecule has 0 radical (unpaired) electrons. The van der Waals surface area contributed by atoms with E-state index >= 15 is 0 Å². The first-order valence-corrected chi connectivity index (χ1v) is 14.2. The van der Waals surface area contributed by atoms with Gasteiger partial charge in [0.15, 0.2) is 0 Å². The first-order chi connectivity index (χ1) is 13.8. The molecule has 1 aromatic carbocycles. The number of benzene rings is 1. The maximum Gasteiger partial charge on any atom is -0.00534 e. The van der Waals surface area contributed by atoms with Crippen LogP contribution in [0.4, 0.5) is 0 Å². The summed E-state index contributed by atoms with van der Waals surface area (Å²) in [5.74, 6) is 2.03. The average Bonchev–Trinajstić information content (AvgIpc) is 2.76. The first kappa shape index (κ1) is 22.8. The molecule has 3 unspecified atom stereocenters. The van der Waals surface area contributed by atoms with Gasteiger partial charge in [0.2, 0.25) is 0 Å². The van der Waals surface area contributed by atoms with Crippen LogP contribution in [0.15, 0.2) is 30.3 Å². The van der Waals surface area contributed by atoms with Gasteiger partial charge in [-0.2, -0.15) is 0 Å². The Bertz CT molecular complexity index is 516. The van der Waals surface area contributed by atoms with E-state index in [1.165, 1.54) is 109 Å². The highest BCUT2D eigenvalue weighted by Crippen LogP contribution is 2.51. The van der Waals surface area contributed by atoms with Crippen molar-refractivity contribution < 1.29 is 0 Å². The van der Waals surface area contributed by atoms with Gasteiger partial charge >= 0.3 is 0 Å². The van der Waals surface area contributed by atoms with Gasteiger partial charge in [-0.3, -0.25) is 0 Å². The Morgan fingerprint density at radius 1 is 0.786 bits per heavy atom. The third kappa shape index (κ3) is 7.10. The molecule has 2 heteroatoms. The van der Waals surface area contributed by atoms with E-state index in [2.05, 4.69) is 39.6 Å². The molecule has 0 aromatic heterocycles. The lowest BCUT2D eigenvalue weighted by Gasteiger charge is -2.44. The predicted octanol–water partition coefficient (Wildman–Crippen LogP) is 8.11. The molecule has 0 aliphatic heterocycles. The standard InChI is InChI=1S/C26H44P2/c27-22-11-10-20-26(24-16-6-2-7-17-24,28-25-18-8-3-9-19-25)21-12-15-23-13-4-1-5-14-23/h3,8-9,18-19,23-24,28H,1-2,4-7,10-17,20-22,27H2. The molecule has 1 aromatic rings. The molecule has 3 atom stereocenters. The van der Waals surface area contributed by atoms with E-state index < -0.39 is 0 Å². The second-order valence-electron chi connectivity index (χ2n) is 9.62. The van der Waals surface area contributed by atoms with Crippen molar-refractivity contribution in [1.29, 1.82) is 0 Å². The fourth-order valence-electron chi connectivity index (χ4n) is 5.99. The zero-order valence-corrected chi connectivity index (χ0v) is 20.3. The fourth-order valence-corrected chi connectivity index (χ4v) is 8.31. The van der Waals surface area contributed by atoms with Crippen LogP contribution in [0.2, 0.25) is 0 Å². The molecule has 2 aliphatic carbocycles. The molecule has 3 rings (SSSR count). The van der Waals surface area contributed by atoms with Gasteiger partial charge in [-0.25, -0.2) is 0 Å². The number of hydrogen-bond donors (Lipinski definition) is 0. The van der Waals surface area contributed by atoms with Crippen molar-refractivity contribution in [3.8, 4) is 0 Å². The average molecular weight is 419 g/mol. The third-order valence-corrected chi connectivity index (χ3v) is 10.0. The Morgan fingerprint density at radius 3 is 2.11 bits per heavy atom. The van der Waals surface area contributed by atoms with E-state index in [4.69, 9.17) is 0 Å². The zero-order valence-electron chi connectivity index (χ0n) is 18.1. The van der Waals surface area contributed by atoms with Crippen molar-refractivity contribution in [2.75, 3.05) is 6.16 Å². The smallest absolute Gasteiger partial charge is 0.00534 e. The van der Waals surface area contributed by atoms with Gasteiger partial charge in [0.1, 0.15) is 0 Å². The van der Waals surface area contributed by atoms with Crippen molar-refractivity contribution in [2.45, 2.75) is 108 Å². The molecule has 2 saturated carbocycles. The van der Waals surface area contributed by atoms with Crippen LogP contribution in [0.5, 0.6) is 0 Å². The summed E-state index contributed by atoms with van der Waals surface area (Å²) in [6, 6.07) is 11.5. The molecule has 158 valence electrons. The van der Waals surface area contributed by atoms with Crippen molar-refractivity contribution in [1.82, 2.24) is 0 Å². The number of unbranched alkanes of at least 4 members (excludes halogenated alkanes) is 1. The van der Waals surface area contributed by atoms with Crippen LogP contribution >= 0.6 is 17.8 Å². The Kier molecular flexibility index (Phi) is 10.3. The number of hydrogen-bond acceptors (Lipinski definition) is 0. The quantitative estimate of drug-likeness (QED) is 0.251. The fraction of sp³-hybridized carbons (Fsp3) is 0.769. The Morgan fingerprint density at radius 2 is 1.43 bits per heavy atom. The van der Waals surface area contributed by atoms with E-state index in [1.807, 2.05) is 0 Å². The highest BCUT2D eigenvalue weighted by molar-refractivity contribution is 7.49. The van der Waals surface area contributed by atoms with E-state index in [9.17, 15) is 0 Å². The van der Waals surface area contributed by atoms with Gasteiger partial charge in [0, 0.05) is 0 Å². The Labute approximate surface area is 179 Å². The highest BCUT2D eigenvalue weighted by atomic mass is 31.1. The lowest BCUT2D eigenvalue weighted by molar-refractivity contribution is 0.236. The molecule has 0 heterocycles. The summed E-state index contributed by atoms with van der Waals surface area (Å²) < 4.78 is 0. The van der Waals surface area contributed by atoms with Crippen molar-refractivity contribution in [3.05, 3.63) is 30.3 Å². The molecule has 0 amide bonds. The predicted molar refractivity (Wildman–Crippen MR) is 133 cm³/mol. The van der Waals surface area contributed by atoms with Crippen LogP contribution < -0.4 is 5.30 Å². The van der Waals surface area contributed by atoms with Gasteiger partial charge in [0.25, 0.3) is 0 Å². The summed E-state index contributed by atoms with van der Waals surface area (Å²) in [6.07, 6.45) is 25.1. The van der Waals surface area contributed by atoms with Gasteiger partial charge in [0.05, 0.1) is 0 Å². The summed E-state index contributed by atoms with van der Waals surface area (Å²) in [5.41, 5.74) is 0. The van der Waals surface area contributed by atoms with Gasteiger partial charge < -0.3 is 0 Å². The van der Waals surface area contributed by atoms with Crippen LogP contribution in [-0.4, -0.2) is 11.3 Å². The topological polar surface area (TPSA) is 0 Å². The molecule has 0 N–H and O–H groups in total. The van der Waals surface area contributed by atoms with Gasteiger partial charge in [-0.15, -0.1) is 9.24 Å². The molecule has 28 heavy (non-hydrogen) atoms. The van der Waals surface area contributed by atoms with Gasteiger partial charge in [-0.1, -0.05) is 110 Å². The summed E-state index contributed by atoms with van der Waals surface area (Å²) in [5, 5.41) is 2.22. The minimum atomic E-state index is 0.594. The molecule has 2 aliphatic rings. The summed E-state index contributed by atoms with van der Waals surface area (Å²) in [4.78, 5) is 0. The largest absolute Gasteiger partial charge is 0.138 e. The van der Waals surface area contributed by atoms with E-state index in [0.717, 1.165) is 20.4 Å². The van der Waals surface area contributed by atoms with Crippen molar-refractivity contribution >= 4 is 23.1 Å². The molecule has 0 spiro atoms. The van der Waals surface area contributed by atoms with Gasteiger partial charge in [-0.05, 0) is 60.6 Å². The lowest BCUT2D eigenvalue weighted by atomic mass is 9.74. The third-order valence-electron chi connectivity index (χ3n) is 7.59. The second-order valence-corrected chi connectivity index (χ2v) is 12.0. The molecule has 0 nitrogen and oxygen atoms in total. The SMILES string of the molecule is PCCCCC(CCCC1CCCCC1)(Pc1ccccc1)C1CCCCC1. The van der Waals surface area contributed by atoms with E-state index in [-0.39, 0.29) is 0 Å². The molecule has 0 saturated heterocycles. The van der Waals surface area contributed by atoms with Crippen molar-refractivity contribution in [3.63, 3.8) is 0 Å². The van der Waals surface area contributed by atoms with Crippen LogP contribution in [0, 0.1) is 11.8 Å². The van der Waals surface area contributed by atoms with E-state index in [1.54, 1.807) is 5.30 Å². The maximum absolute atomic E-state index is 2.95. The molecular weight excluding hydrogens is 374 g/mol. The Hall–Kier alpha value is 0.0800. The molecule has 2 fully saturated rings. The second kappa shape index (κ2) is 12.7. The summed E-state index contributed by atoms with van der Waals surface area (Å²) in [7, 11) is 3.97. The van der Waals surface area contributed by atoms with Crippen LogP contribution in [0.1, 0.15) is 103 Å². The van der Waals surface area contributed by atoms with Crippen LogP contribution in [0.3, 0.4) is 0 Å². The monoisotopic (exact) mass is 418 g/mol. The number of rotatable bonds is 11. The van der Waals surface area contributed by atoms with Crippen LogP contribution in [0.25, 0.3) is 0 Å². The minimum Gasteiger partial charge on any atom is -0.138 e. The highest BCUT2D eigenvalue weighted by Gasteiger charge is 2.38. The zero-order chi connectivity index (χ0) is 19.5. The summed E-state index contributed by atoms with van der Waals surface area (Å²) >= 11 is 0. The normalized spacial score (nSPS) is 21.9. The molecular formula is C26H44P2. The lowest BCUT2D eigenvalue weighted by Crippen LogP contribution is -2.37. The summed E-state index contributed by atoms with van der Waals surface area (Å²) in [6.45, 7) is 0. The first-order valence-electron chi connectivity index (χ1n) is 12.4. The maximum atomic E-state index is 2.95. The Balaban J connectivity index is 1.71. The minimum absolute atomic E-state index is 0.594. The van der Waals surface area contributed by atoms with Crippen LogP contribution in [-0.2, 0) is 0 Å². The molecule has 0 bridgehead atoms. The van der Waals surface area contributed by atoms with E-state index in [0.29, 0.717) is 5.16 Å². The van der Waals surface area contributed by atoms with Crippen molar-refractivity contribution in [2.24, 2.45) is 11.8 Å².